The molecule has 1 aliphatic heterocycles. The van der Waals surface area contributed by atoms with E-state index in [2.05, 4.69) is 24.2 Å². The summed E-state index contributed by atoms with van der Waals surface area (Å²) in [6.45, 7) is 3.89. The van der Waals surface area contributed by atoms with E-state index in [1.54, 1.807) is 7.11 Å². The molecule has 3 atom stereocenters. The number of likely N-dealkylation sites (tertiary alicyclic amines) is 1. The van der Waals surface area contributed by atoms with Crippen LogP contribution in [-0.2, 0) is 9.53 Å². The van der Waals surface area contributed by atoms with Gasteiger partial charge in [-0.05, 0) is 29.8 Å². The van der Waals surface area contributed by atoms with Crippen molar-refractivity contribution in [3.8, 4) is 17.6 Å². The van der Waals surface area contributed by atoms with Crippen molar-refractivity contribution < 1.29 is 19.4 Å². The summed E-state index contributed by atoms with van der Waals surface area (Å²) in [5.41, 5.74) is 4.96. The first-order chi connectivity index (χ1) is 14.1. The van der Waals surface area contributed by atoms with Gasteiger partial charge in [0.2, 0.25) is 0 Å². The van der Waals surface area contributed by atoms with Crippen molar-refractivity contribution in [1.82, 2.24) is 4.90 Å². The predicted octanol–water partition coefficient (Wildman–Crippen LogP) is 2.50. The van der Waals surface area contributed by atoms with Crippen LogP contribution in [0.15, 0.2) is 66.9 Å². The van der Waals surface area contributed by atoms with Gasteiger partial charge in [0.15, 0.2) is 6.10 Å². The van der Waals surface area contributed by atoms with E-state index in [1.165, 1.54) is 12.0 Å². The van der Waals surface area contributed by atoms with Gasteiger partial charge in [0, 0.05) is 18.2 Å². The van der Waals surface area contributed by atoms with Crippen LogP contribution in [0.3, 0.4) is 0 Å². The van der Waals surface area contributed by atoms with Gasteiger partial charge in [-0.2, -0.15) is 0 Å². The van der Waals surface area contributed by atoms with Gasteiger partial charge < -0.3 is 19.5 Å². The van der Waals surface area contributed by atoms with Gasteiger partial charge >= 0.3 is 0 Å². The number of β-lactam (4-membered cyclic amide) rings is 1. The van der Waals surface area contributed by atoms with Crippen LogP contribution < -0.4 is 4.74 Å². The largest absolute Gasteiger partial charge is 0.497 e. The van der Waals surface area contributed by atoms with Gasteiger partial charge in [-0.3, -0.25) is 4.79 Å². The van der Waals surface area contributed by atoms with Gasteiger partial charge in [-0.15, -0.1) is 5.73 Å². The van der Waals surface area contributed by atoms with Crippen molar-refractivity contribution in [2.45, 2.75) is 18.2 Å². The van der Waals surface area contributed by atoms with Crippen molar-refractivity contribution >= 4 is 11.5 Å². The molecule has 0 saturated carbocycles. The summed E-state index contributed by atoms with van der Waals surface area (Å²) in [6.07, 6.45) is -1.71. The van der Waals surface area contributed by atoms with Gasteiger partial charge in [0.05, 0.1) is 19.7 Å². The highest BCUT2D eigenvalue weighted by Gasteiger charge is 2.51. The van der Waals surface area contributed by atoms with Crippen molar-refractivity contribution in [2.24, 2.45) is 0 Å². The number of hydrogen-bond acceptors (Lipinski definition) is 4. The number of amides is 1. The van der Waals surface area contributed by atoms with E-state index in [9.17, 15) is 9.90 Å². The zero-order valence-corrected chi connectivity index (χ0v) is 16.5. The molecular weight excluding hydrogens is 366 g/mol. The number of rotatable bonds is 6. The lowest BCUT2D eigenvalue weighted by atomic mass is 9.86. The Morgan fingerprint density at radius 1 is 1.17 bits per heavy atom. The molecule has 29 heavy (non-hydrogen) atoms. The Labute approximate surface area is 170 Å². The average molecular weight is 389 g/mol. The van der Waals surface area contributed by atoms with Crippen LogP contribution in [0.4, 0.5) is 0 Å². The molecule has 0 aliphatic carbocycles. The second-order valence-electron chi connectivity index (χ2n) is 6.54. The molecule has 2 aromatic carbocycles. The molecule has 0 spiro atoms. The smallest absolute Gasteiger partial charge is 0.255 e. The second-order valence-corrected chi connectivity index (χ2v) is 6.54. The molecule has 1 aliphatic rings. The number of carbonyl (C=O) groups is 1. The van der Waals surface area contributed by atoms with Crippen LogP contribution >= 0.6 is 0 Å². The van der Waals surface area contributed by atoms with E-state index < -0.39 is 18.2 Å². The average Bonchev–Trinajstić information content (AvgIpc) is 2.76. The number of methoxy groups -OCH3 is 2. The zero-order valence-electron chi connectivity index (χ0n) is 16.5. The maximum atomic E-state index is 12.4. The molecule has 0 unspecified atom stereocenters. The van der Waals surface area contributed by atoms with Gasteiger partial charge in [-0.25, -0.2) is 0 Å². The molecule has 1 fully saturated rings. The topological polar surface area (TPSA) is 59.0 Å². The highest BCUT2D eigenvalue weighted by Crippen LogP contribution is 2.31. The lowest BCUT2D eigenvalue weighted by Gasteiger charge is -2.47. The molecule has 3 rings (SSSR count). The minimum Gasteiger partial charge on any atom is -0.497 e. The van der Waals surface area contributed by atoms with Crippen LogP contribution in [-0.4, -0.2) is 54.9 Å². The van der Waals surface area contributed by atoms with E-state index in [-0.39, 0.29) is 12.5 Å². The standard InChI is InChI=1S/C24H23NO4/c1-4-20(18-10-6-5-7-11-18)22(26)21-23(29-3)24(27)25(21)16-8-9-17-12-14-19(28-2)15-13-17/h5-7,10-15,21-23,26H,1,16H2,2-3H3/t21-,22+,23+/m0/s1. The highest BCUT2D eigenvalue weighted by molar-refractivity contribution is 5.90. The van der Waals surface area contributed by atoms with E-state index in [0.717, 1.165) is 16.9 Å². The van der Waals surface area contributed by atoms with E-state index in [1.807, 2.05) is 54.6 Å². The molecule has 1 heterocycles. The Morgan fingerprint density at radius 2 is 1.86 bits per heavy atom. The summed E-state index contributed by atoms with van der Waals surface area (Å²) in [6, 6.07) is 16.2. The molecule has 1 saturated heterocycles. The number of benzene rings is 2. The zero-order chi connectivity index (χ0) is 20.8. The monoisotopic (exact) mass is 389 g/mol. The fourth-order valence-corrected chi connectivity index (χ4v) is 3.36. The number of aliphatic hydroxyl groups excluding tert-OH is 1. The Hall–Kier alpha value is -3.29. The highest BCUT2D eigenvalue weighted by atomic mass is 16.5. The molecular formula is C24H23NO4. The first-order valence-corrected chi connectivity index (χ1v) is 9.20. The van der Waals surface area contributed by atoms with E-state index in [0.29, 0.717) is 5.57 Å². The lowest BCUT2D eigenvalue weighted by molar-refractivity contribution is -0.175. The summed E-state index contributed by atoms with van der Waals surface area (Å²) in [5, 5.41) is 11.0. The molecule has 2 aromatic rings. The first-order valence-electron chi connectivity index (χ1n) is 9.20. The number of ether oxygens (including phenoxy) is 2. The molecule has 0 radical (unpaired) electrons. The number of aliphatic hydroxyl groups is 1. The van der Waals surface area contributed by atoms with Crippen molar-refractivity contribution in [3.05, 3.63) is 78.0 Å². The second kappa shape index (κ2) is 9.27. The minimum absolute atomic E-state index is 0.186. The number of hydrogen-bond donors (Lipinski definition) is 1. The summed E-state index contributed by atoms with van der Waals surface area (Å²) in [7, 11) is 3.07. The lowest BCUT2D eigenvalue weighted by Crippen LogP contribution is -2.69. The molecule has 1 N–H and O–H groups in total. The normalized spacial score (nSPS) is 18.7. The minimum atomic E-state index is -0.986. The molecule has 148 valence electrons. The maximum Gasteiger partial charge on any atom is 0.255 e. The third kappa shape index (κ3) is 4.26. The van der Waals surface area contributed by atoms with Crippen molar-refractivity contribution in [2.75, 3.05) is 20.8 Å². The van der Waals surface area contributed by atoms with Crippen molar-refractivity contribution in [3.63, 3.8) is 0 Å². The van der Waals surface area contributed by atoms with Gasteiger partial charge in [0.25, 0.3) is 5.91 Å². The summed E-state index contributed by atoms with van der Waals surface area (Å²) < 4.78 is 10.4. The van der Waals surface area contributed by atoms with Gasteiger partial charge in [0.1, 0.15) is 11.9 Å². The van der Waals surface area contributed by atoms with Crippen molar-refractivity contribution in [1.29, 1.82) is 0 Å². The predicted molar refractivity (Wildman–Crippen MR) is 111 cm³/mol. The molecule has 5 nitrogen and oxygen atoms in total. The number of nitrogens with zero attached hydrogens (tertiary/aromatic N) is 1. The van der Waals surface area contributed by atoms with Crippen LogP contribution in [0.2, 0.25) is 0 Å². The van der Waals surface area contributed by atoms with Crippen LogP contribution in [0, 0.1) is 11.8 Å². The molecule has 5 heteroatoms. The Kier molecular flexibility index (Phi) is 6.54. The van der Waals surface area contributed by atoms with Gasteiger partial charge in [-0.1, -0.05) is 48.8 Å². The Balaban J connectivity index is 1.77. The third-order valence-corrected chi connectivity index (χ3v) is 4.92. The summed E-state index contributed by atoms with van der Waals surface area (Å²) >= 11 is 0. The van der Waals surface area contributed by atoms with Crippen LogP contribution in [0.5, 0.6) is 5.75 Å². The van der Waals surface area contributed by atoms with Crippen LogP contribution in [0.25, 0.3) is 5.57 Å². The summed E-state index contributed by atoms with van der Waals surface area (Å²) in [4.78, 5) is 14.0. The quantitative estimate of drug-likeness (QED) is 0.469. The molecule has 1 amide bonds. The first kappa shape index (κ1) is 20.4. The van der Waals surface area contributed by atoms with Crippen LogP contribution in [0.1, 0.15) is 11.1 Å². The number of carbonyl (C=O) groups excluding carboxylic acids is 1. The fourth-order valence-electron chi connectivity index (χ4n) is 3.36. The Bertz CT molecular complexity index is 965. The molecule has 0 aromatic heterocycles. The fraction of sp³-hybridized carbons (Fsp3) is 0.250. The molecule has 0 bridgehead atoms. The van der Waals surface area contributed by atoms with E-state index in [4.69, 9.17) is 9.47 Å². The maximum absolute atomic E-state index is 12.4. The third-order valence-electron chi connectivity index (χ3n) is 4.92. The summed E-state index contributed by atoms with van der Waals surface area (Å²) in [5.74, 6) is 6.58. The van der Waals surface area contributed by atoms with E-state index >= 15 is 0 Å². The SMILES string of the molecule is C=C=C(c1ccccc1)[C@@H](O)[C@H]1[C@@H](OC)C(=O)N1CC#Cc1ccc(OC)cc1. The Morgan fingerprint density at radius 3 is 2.45 bits per heavy atom.